The summed E-state index contributed by atoms with van der Waals surface area (Å²) in [7, 11) is 1.72. The summed E-state index contributed by atoms with van der Waals surface area (Å²) in [6, 6.07) is 6.27. The molecule has 0 atom stereocenters. The fraction of sp³-hybridized carbons (Fsp3) is 0.647. The lowest BCUT2D eigenvalue weighted by molar-refractivity contribution is 0.135. The van der Waals surface area contributed by atoms with Crippen molar-refractivity contribution < 1.29 is 9.47 Å². The zero-order chi connectivity index (χ0) is 15.1. The van der Waals surface area contributed by atoms with Gasteiger partial charge in [-0.1, -0.05) is 22.9 Å². The van der Waals surface area contributed by atoms with Gasteiger partial charge in [0.2, 0.25) is 0 Å². The minimum atomic E-state index is 0.386. The SMILES string of the molecule is COCCNCc1cc(OC2CCC(C)CC2)ccc1Br. The number of benzene rings is 1. The van der Waals surface area contributed by atoms with Gasteiger partial charge in [0.25, 0.3) is 0 Å². The molecule has 118 valence electrons. The topological polar surface area (TPSA) is 30.5 Å². The third kappa shape index (κ3) is 5.61. The van der Waals surface area contributed by atoms with E-state index in [1.807, 2.05) is 0 Å². The summed E-state index contributed by atoms with van der Waals surface area (Å²) in [6.45, 7) is 4.74. The van der Waals surface area contributed by atoms with Gasteiger partial charge in [-0.3, -0.25) is 0 Å². The number of nitrogens with one attached hydrogen (secondary N) is 1. The van der Waals surface area contributed by atoms with Gasteiger partial charge in [-0.15, -0.1) is 0 Å². The number of hydrogen-bond donors (Lipinski definition) is 1. The zero-order valence-corrected chi connectivity index (χ0v) is 14.6. The second kappa shape index (κ2) is 8.76. The predicted molar refractivity (Wildman–Crippen MR) is 89.8 cm³/mol. The highest BCUT2D eigenvalue weighted by Gasteiger charge is 2.19. The smallest absolute Gasteiger partial charge is 0.120 e. The third-order valence-electron chi connectivity index (χ3n) is 4.08. The van der Waals surface area contributed by atoms with Crippen molar-refractivity contribution in [2.24, 2.45) is 5.92 Å². The third-order valence-corrected chi connectivity index (χ3v) is 4.85. The second-order valence-electron chi connectivity index (χ2n) is 5.92. The highest BCUT2D eigenvalue weighted by atomic mass is 79.9. The molecule has 0 aromatic heterocycles. The van der Waals surface area contributed by atoms with Gasteiger partial charge in [0.15, 0.2) is 0 Å². The van der Waals surface area contributed by atoms with Gasteiger partial charge in [0.05, 0.1) is 12.7 Å². The van der Waals surface area contributed by atoms with E-state index in [0.717, 1.165) is 35.8 Å². The molecule has 0 saturated heterocycles. The van der Waals surface area contributed by atoms with E-state index in [-0.39, 0.29) is 0 Å². The van der Waals surface area contributed by atoms with Crippen LogP contribution in [-0.4, -0.2) is 26.4 Å². The molecule has 3 nitrogen and oxygen atoms in total. The lowest BCUT2D eigenvalue weighted by Crippen LogP contribution is -2.23. The van der Waals surface area contributed by atoms with Crippen LogP contribution in [0.4, 0.5) is 0 Å². The molecule has 1 aliphatic rings. The molecule has 1 aromatic rings. The van der Waals surface area contributed by atoms with Crippen molar-refractivity contribution in [3.8, 4) is 5.75 Å². The van der Waals surface area contributed by atoms with Crippen LogP contribution in [0.2, 0.25) is 0 Å². The Kier molecular flexibility index (Phi) is 7.00. The normalized spacial score (nSPS) is 22.2. The Bertz CT molecular complexity index is 431. The molecule has 4 heteroatoms. The molecule has 0 bridgehead atoms. The van der Waals surface area contributed by atoms with Crippen molar-refractivity contribution in [1.29, 1.82) is 0 Å². The fourth-order valence-electron chi connectivity index (χ4n) is 2.70. The molecule has 21 heavy (non-hydrogen) atoms. The minimum absolute atomic E-state index is 0.386. The lowest BCUT2D eigenvalue weighted by atomic mass is 9.89. The van der Waals surface area contributed by atoms with Crippen LogP contribution in [0.1, 0.15) is 38.2 Å². The average Bonchev–Trinajstić information content (AvgIpc) is 2.49. The van der Waals surface area contributed by atoms with E-state index in [1.54, 1.807) is 7.11 Å². The Morgan fingerprint density at radius 3 is 2.71 bits per heavy atom. The molecular formula is C17H26BrNO2. The Labute approximate surface area is 136 Å². The molecule has 0 amide bonds. The van der Waals surface area contributed by atoms with Gasteiger partial charge >= 0.3 is 0 Å². The molecule has 1 N–H and O–H groups in total. The van der Waals surface area contributed by atoms with Crippen LogP contribution < -0.4 is 10.1 Å². The number of methoxy groups -OCH3 is 1. The first-order valence-corrected chi connectivity index (χ1v) is 8.63. The Morgan fingerprint density at radius 2 is 2.00 bits per heavy atom. The molecule has 1 saturated carbocycles. The van der Waals surface area contributed by atoms with Crippen molar-refractivity contribution in [1.82, 2.24) is 5.32 Å². The lowest BCUT2D eigenvalue weighted by Gasteiger charge is -2.27. The van der Waals surface area contributed by atoms with Crippen LogP contribution in [0.25, 0.3) is 0 Å². The molecule has 0 aliphatic heterocycles. The molecule has 1 aromatic carbocycles. The molecule has 0 heterocycles. The predicted octanol–water partition coefficient (Wildman–Crippen LogP) is 4.14. The first-order valence-electron chi connectivity index (χ1n) is 7.83. The van der Waals surface area contributed by atoms with Crippen LogP contribution in [0.5, 0.6) is 5.75 Å². The van der Waals surface area contributed by atoms with Gasteiger partial charge in [-0.2, -0.15) is 0 Å². The first kappa shape index (κ1) is 16.8. The molecule has 1 fully saturated rings. The molecule has 0 spiro atoms. The van der Waals surface area contributed by atoms with E-state index < -0.39 is 0 Å². The van der Waals surface area contributed by atoms with Crippen LogP contribution in [0, 0.1) is 5.92 Å². The molecule has 2 rings (SSSR count). The van der Waals surface area contributed by atoms with E-state index in [1.165, 1.54) is 31.2 Å². The summed E-state index contributed by atoms with van der Waals surface area (Å²) in [5, 5.41) is 3.37. The van der Waals surface area contributed by atoms with E-state index in [9.17, 15) is 0 Å². The maximum atomic E-state index is 6.15. The van der Waals surface area contributed by atoms with E-state index in [4.69, 9.17) is 9.47 Å². The van der Waals surface area contributed by atoms with Gasteiger partial charge in [0.1, 0.15) is 5.75 Å². The fourth-order valence-corrected chi connectivity index (χ4v) is 3.08. The summed E-state index contributed by atoms with van der Waals surface area (Å²) >= 11 is 3.61. The van der Waals surface area contributed by atoms with Crippen LogP contribution >= 0.6 is 15.9 Å². The summed E-state index contributed by atoms with van der Waals surface area (Å²) in [4.78, 5) is 0. The van der Waals surface area contributed by atoms with Crippen molar-refractivity contribution >= 4 is 15.9 Å². The minimum Gasteiger partial charge on any atom is -0.490 e. The van der Waals surface area contributed by atoms with Gasteiger partial charge < -0.3 is 14.8 Å². The Balaban J connectivity index is 1.88. The molecule has 0 radical (unpaired) electrons. The summed E-state index contributed by atoms with van der Waals surface area (Å²) in [5.41, 5.74) is 1.23. The van der Waals surface area contributed by atoms with Crippen molar-refractivity contribution in [2.75, 3.05) is 20.3 Å². The van der Waals surface area contributed by atoms with E-state index in [2.05, 4.69) is 46.4 Å². The van der Waals surface area contributed by atoms with Gasteiger partial charge in [-0.25, -0.2) is 0 Å². The van der Waals surface area contributed by atoms with Gasteiger partial charge in [-0.05, 0) is 55.4 Å². The number of hydrogen-bond acceptors (Lipinski definition) is 3. The summed E-state index contributed by atoms with van der Waals surface area (Å²) in [5.74, 6) is 1.84. The van der Waals surface area contributed by atoms with E-state index >= 15 is 0 Å². The maximum absolute atomic E-state index is 6.15. The first-order chi connectivity index (χ1) is 10.2. The zero-order valence-electron chi connectivity index (χ0n) is 13.0. The highest BCUT2D eigenvalue weighted by molar-refractivity contribution is 9.10. The number of ether oxygens (including phenoxy) is 2. The van der Waals surface area contributed by atoms with E-state index in [0.29, 0.717) is 6.10 Å². The van der Waals surface area contributed by atoms with Crippen molar-refractivity contribution in [3.63, 3.8) is 0 Å². The van der Waals surface area contributed by atoms with Crippen molar-refractivity contribution in [3.05, 3.63) is 28.2 Å². The average molecular weight is 356 g/mol. The van der Waals surface area contributed by atoms with Gasteiger partial charge in [0, 0.05) is 24.7 Å². The summed E-state index contributed by atoms with van der Waals surface area (Å²) in [6.07, 6.45) is 5.31. The summed E-state index contributed by atoms with van der Waals surface area (Å²) < 4.78 is 12.3. The van der Waals surface area contributed by atoms with Crippen molar-refractivity contribution in [2.45, 2.75) is 45.3 Å². The Hall–Kier alpha value is -0.580. The second-order valence-corrected chi connectivity index (χ2v) is 6.78. The van der Waals surface area contributed by atoms with Crippen LogP contribution in [-0.2, 0) is 11.3 Å². The maximum Gasteiger partial charge on any atom is 0.120 e. The molecular weight excluding hydrogens is 330 g/mol. The molecule has 0 unspecified atom stereocenters. The monoisotopic (exact) mass is 355 g/mol. The number of halogens is 1. The quantitative estimate of drug-likeness (QED) is 0.745. The largest absolute Gasteiger partial charge is 0.490 e. The number of rotatable bonds is 7. The van der Waals surface area contributed by atoms with Crippen LogP contribution in [0.15, 0.2) is 22.7 Å². The molecule has 1 aliphatic carbocycles. The standard InChI is InChI=1S/C17H26BrNO2/c1-13-3-5-15(6-4-13)21-16-7-8-17(18)14(11-16)12-19-9-10-20-2/h7-8,11,13,15,19H,3-6,9-10,12H2,1-2H3. The highest BCUT2D eigenvalue weighted by Crippen LogP contribution is 2.29. The Morgan fingerprint density at radius 1 is 1.24 bits per heavy atom. The van der Waals surface area contributed by atoms with Crippen LogP contribution in [0.3, 0.4) is 0 Å².